The van der Waals surface area contributed by atoms with Gasteiger partial charge in [-0.05, 0) is 87.4 Å². The molecule has 0 spiro atoms. The second kappa shape index (κ2) is 12.2. The van der Waals surface area contributed by atoms with Crippen LogP contribution in [0.5, 0.6) is 0 Å². The number of hydrogen-bond acceptors (Lipinski definition) is 3. The van der Waals surface area contributed by atoms with Crippen molar-refractivity contribution in [2.24, 2.45) is 0 Å². The van der Waals surface area contributed by atoms with Crippen molar-refractivity contribution in [2.45, 2.75) is 27.7 Å². The number of aryl methyl sites for hydroxylation is 4. The van der Waals surface area contributed by atoms with E-state index in [-0.39, 0.29) is 0 Å². The van der Waals surface area contributed by atoms with Crippen molar-refractivity contribution in [1.82, 2.24) is 0 Å². The molecule has 0 aliphatic rings. The Morgan fingerprint density at radius 3 is 1.08 bits per heavy atom. The van der Waals surface area contributed by atoms with Crippen LogP contribution in [0.25, 0.3) is 43.5 Å². The number of anilines is 6. The van der Waals surface area contributed by atoms with Gasteiger partial charge in [0.15, 0.2) is 0 Å². The van der Waals surface area contributed by atoms with E-state index in [0.29, 0.717) is 0 Å². The summed E-state index contributed by atoms with van der Waals surface area (Å²) < 4.78 is 7.01. The van der Waals surface area contributed by atoms with Gasteiger partial charge in [0.2, 0.25) is 0 Å². The minimum Gasteiger partial charge on any atom is -0.455 e. The molecule has 0 amide bonds. The highest BCUT2D eigenvalue weighted by atomic mass is 16.3. The Morgan fingerprint density at radius 2 is 0.686 bits per heavy atom. The van der Waals surface area contributed by atoms with E-state index in [1.165, 1.54) is 22.3 Å². The zero-order chi connectivity index (χ0) is 34.6. The summed E-state index contributed by atoms with van der Waals surface area (Å²) in [5.41, 5.74) is 13.4. The number of rotatable bonds is 6. The van der Waals surface area contributed by atoms with Crippen LogP contribution in [-0.2, 0) is 0 Å². The van der Waals surface area contributed by atoms with Gasteiger partial charge in [-0.1, -0.05) is 120 Å². The Hall–Kier alpha value is -6.32. The summed E-state index contributed by atoms with van der Waals surface area (Å²) >= 11 is 0. The number of hydrogen-bond donors (Lipinski definition) is 0. The fourth-order valence-electron chi connectivity index (χ4n) is 7.58. The summed E-state index contributed by atoms with van der Waals surface area (Å²) in [6.45, 7) is 8.65. The van der Waals surface area contributed by atoms with E-state index in [1.54, 1.807) is 0 Å². The van der Waals surface area contributed by atoms with Gasteiger partial charge in [0.05, 0.1) is 11.4 Å². The molecular weight excluding hydrogens is 621 g/mol. The normalized spacial score (nSPS) is 11.5. The van der Waals surface area contributed by atoms with Crippen LogP contribution in [0.1, 0.15) is 22.3 Å². The summed E-state index contributed by atoms with van der Waals surface area (Å²) in [6.07, 6.45) is 0. The van der Waals surface area contributed by atoms with Gasteiger partial charge in [0.25, 0.3) is 0 Å². The van der Waals surface area contributed by atoms with Crippen LogP contribution < -0.4 is 9.80 Å². The van der Waals surface area contributed by atoms with Crippen LogP contribution >= 0.6 is 0 Å². The van der Waals surface area contributed by atoms with Gasteiger partial charge >= 0.3 is 0 Å². The molecule has 0 aliphatic heterocycles. The molecule has 0 saturated carbocycles. The number of nitrogens with zero attached hydrogens (tertiary/aromatic N) is 2. The van der Waals surface area contributed by atoms with Gasteiger partial charge in [-0.15, -0.1) is 0 Å². The van der Waals surface area contributed by atoms with Crippen LogP contribution in [-0.4, -0.2) is 0 Å². The lowest BCUT2D eigenvalue weighted by molar-refractivity contribution is 0.676. The molecular formula is C48H38N2O. The summed E-state index contributed by atoms with van der Waals surface area (Å²) in [7, 11) is 0. The minimum atomic E-state index is 0.901. The molecule has 0 bridgehead atoms. The first kappa shape index (κ1) is 30.7. The number of fused-ring (bicyclic) bond motifs is 7. The maximum Gasteiger partial charge on any atom is 0.143 e. The van der Waals surface area contributed by atoms with E-state index < -0.39 is 0 Å². The van der Waals surface area contributed by atoms with Gasteiger partial charge in [-0.3, -0.25) is 0 Å². The molecule has 1 aromatic heterocycles. The SMILES string of the molecule is Cc1ccc(N(c2ccccc2C)c2cc3c4cc(N(c5ccc(C)cc5)c5ccccc5C)c5ccccc5c4oc3c3ccccc23)cc1. The van der Waals surface area contributed by atoms with Crippen molar-refractivity contribution < 1.29 is 4.42 Å². The molecule has 0 N–H and O–H groups in total. The summed E-state index contributed by atoms with van der Waals surface area (Å²) in [6, 6.07) is 57.0. The number of furan rings is 1. The van der Waals surface area contributed by atoms with Crippen LogP contribution in [0, 0.1) is 27.7 Å². The molecule has 0 saturated heterocycles. The Labute approximate surface area is 298 Å². The first-order valence-corrected chi connectivity index (χ1v) is 17.6. The van der Waals surface area contributed by atoms with Crippen LogP contribution in [0.2, 0.25) is 0 Å². The Kier molecular flexibility index (Phi) is 7.36. The minimum absolute atomic E-state index is 0.901. The fraction of sp³-hybridized carbons (Fsp3) is 0.0833. The lowest BCUT2D eigenvalue weighted by atomic mass is 9.98. The molecule has 0 fully saturated rings. The topological polar surface area (TPSA) is 19.6 Å². The van der Waals surface area contributed by atoms with Gasteiger partial charge < -0.3 is 14.2 Å². The fourth-order valence-corrected chi connectivity index (χ4v) is 7.58. The smallest absolute Gasteiger partial charge is 0.143 e. The number of para-hydroxylation sites is 2. The van der Waals surface area contributed by atoms with E-state index in [4.69, 9.17) is 4.42 Å². The van der Waals surface area contributed by atoms with Gasteiger partial charge in [-0.2, -0.15) is 0 Å². The van der Waals surface area contributed by atoms with E-state index in [2.05, 4.69) is 195 Å². The molecule has 0 aliphatic carbocycles. The molecule has 1 heterocycles. The molecule has 0 radical (unpaired) electrons. The first-order valence-electron chi connectivity index (χ1n) is 17.6. The van der Waals surface area contributed by atoms with Crippen LogP contribution in [0.4, 0.5) is 34.1 Å². The predicted molar refractivity (Wildman–Crippen MR) is 217 cm³/mol. The third kappa shape index (κ3) is 5.13. The van der Waals surface area contributed by atoms with Crippen molar-refractivity contribution in [3.05, 3.63) is 180 Å². The Bertz CT molecular complexity index is 2550. The lowest BCUT2D eigenvalue weighted by Crippen LogP contribution is -2.12. The maximum atomic E-state index is 7.01. The zero-order valence-corrected chi connectivity index (χ0v) is 29.3. The van der Waals surface area contributed by atoms with Crippen molar-refractivity contribution in [1.29, 1.82) is 0 Å². The summed E-state index contributed by atoms with van der Waals surface area (Å²) in [5.74, 6) is 0. The highest BCUT2D eigenvalue weighted by Crippen LogP contribution is 2.49. The standard InChI is InChI=1S/C48H38N2O/c1-31-21-25-35(26-22-31)49(43-19-11-5-13-33(43)3)45-29-41-42-30-46(50(36-27-23-32(2)24-28-36)44-20-12-6-14-34(44)4)38-16-8-10-18-40(38)48(42)51-47(41)39-17-9-7-15-37(39)45/h5-30H,1-4H3. The molecule has 0 atom stereocenters. The van der Waals surface area contributed by atoms with Crippen LogP contribution in [0.15, 0.2) is 162 Å². The Morgan fingerprint density at radius 1 is 0.333 bits per heavy atom. The lowest BCUT2D eigenvalue weighted by Gasteiger charge is -2.29. The Balaban J connectivity index is 1.40. The van der Waals surface area contributed by atoms with Gasteiger partial charge in [0, 0.05) is 55.1 Å². The third-order valence-electron chi connectivity index (χ3n) is 10.2. The van der Waals surface area contributed by atoms with E-state index >= 15 is 0 Å². The van der Waals surface area contributed by atoms with Crippen molar-refractivity contribution >= 4 is 77.6 Å². The highest BCUT2D eigenvalue weighted by molar-refractivity contribution is 6.25. The molecule has 51 heavy (non-hydrogen) atoms. The number of benzene rings is 8. The van der Waals surface area contributed by atoms with Gasteiger partial charge in [-0.25, -0.2) is 0 Å². The van der Waals surface area contributed by atoms with E-state index in [1.807, 2.05) is 0 Å². The maximum absolute atomic E-state index is 7.01. The predicted octanol–water partition coefficient (Wildman–Crippen LogP) is 14.1. The second-order valence-corrected chi connectivity index (χ2v) is 13.7. The average Bonchev–Trinajstić information content (AvgIpc) is 3.54. The molecule has 3 heteroatoms. The van der Waals surface area contributed by atoms with Crippen molar-refractivity contribution in [3.63, 3.8) is 0 Å². The van der Waals surface area contributed by atoms with Crippen LogP contribution in [0.3, 0.4) is 0 Å². The summed E-state index contributed by atoms with van der Waals surface area (Å²) in [4.78, 5) is 4.81. The van der Waals surface area contributed by atoms with E-state index in [9.17, 15) is 0 Å². The molecule has 9 aromatic rings. The zero-order valence-electron chi connectivity index (χ0n) is 29.3. The van der Waals surface area contributed by atoms with Crippen molar-refractivity contribution in [2.75, 3.05) is 9.80 Å². The molecule has 3 nitrogen and oxygen atoms in total. The molecule has 0 unspecified atom stereocenters. The second-order valence-electron chi connectivity index (χ2n) is 13.7. The monoisotopic (exact) mass is 658 g/mol. The highest BCUT2D eigenvalue weighted by Gasteiger charge is 2.24. The van der Waals surface area contributed by atoms with Crippen molar-refractivity contribution in [3.8, 4) is 0 Å². The molecule has 9 rings (SSSR count). The third-order valence-corrected chi connectivity index (χ3v) is 10.2. The quantitative estimate of drug-likeness (QED) is 0.177. The first-order chi connectivity index (χ1) is 25.0. The average molecular weight is 659 g/mol. The largest absolute Gasteiger partial charge is 0.455 e. The van der Waals surface area contributed by atoms with E-state index in [0.717, 1.165) is 77.6 Å². The van der Waals surface area contributed by atoms with Gasteiger partial charge in [0.1, 0.15) is 11.2 Å². The summed E-state index contributed by atoms with van der Waals surface area (Å²) in [5, 5.41) is 6.63. The molecule has 8 aromatic carbocycles. The molecule has 246 valence electrons.